The fraction of sp³-hybridized carbons (Fsp3) is 0.300. The molecule has 0 aromatic rings. The van der Waals surface area contributed by atoms with Gasteiger partial charge in [0.1, 0.15) is 0 Å². The summed E-state index contributed by atoms with van der Waals surface area (Å²) in [6.07, 6.45) is 0.919. The molecule has 0 rings (SSSR count). The molecule has 0 aromatic heterocycles. The van der Waals surface area contributed by atoms with Crippen molar-refractivity contribution in [3.05, 3.63) is 23.8 Å². The summed E-state index contributed by atoms with van der Waals surface area (Å²) in [7, 11) is 1.19. The molecule has 0 fully saturated rings. The van der Waals surface area contributed by atoms with E-state index in [1.807, 2.05) is 0 Å². The van der Waals surface area contributed by atoms with Crippen LogP contribution in [0.2, 0.25) is 0 Å². The molecule has 0 aliphatic carbocycles. The second-order valence-corrected chi connectivity index (χ2v) is 2.74. The van der Waals surface area contributed by atoms with Gasteiger partial charge in [-0.05, 0) is 13.8 Å². The monoisotopic (exact) mass is 230 g/mol. The van der Waals surface area contributed by atoms with Gasteiger partial charge in [0, 0.05) is 17.2 Å². The normalized spacial score (nSPS) is 9.56. The minimum atomic E-state index is -1.12. The number of carbonyl (C=O) groups is 3. The predicted molar refractivity (Wildman–Crippen MR) is 55.9 cm³/mol. The molecule has 6 heteroatoms. The van der Waals surface area contributed by atoms with Crippen molar-refractivity contribution < 1.29 is 29.3 Å². The molecular weight excluding hydrogens is 216 g/mol. The Morgan fingerprint density at radius 2 is 1.50 bits per heavy atom. The van der Waals surface area contributed by atoms with Crippen LogP contribution in [-0.4, -0.2) is 35.2 Å². The molecule has 0 heterocycles. The summed E-state index contributed by atoms with van der Waals surface area (Å²) in [5.74, 6) is -2.71. The van der Waals surface area contributed by atoms with Crippen molar-refractivity contribution in [2.45, 2.75) is 13.8 Å². The first-order valence-electron chi connectivity index (χ1n) is 4.10. The van der Waals surface area contributed by atoms with Crippen LogP contribution in [0.15, 0.2) is 23.8 Å². The molecule has 0 aromatic carbocycles. The van der Waals surface area contributed by atoms with Crippen LogP contribution >= 0.6 is 0 Å². The summed E-state index contributed by atoms with van der Waals surface area (Å²) in [5.41, 5.74) is 0.141. The van der Waals surface area contributed by atoms with E-state index in [0.29, 0.717) is 0 Å². The van der Waals surface area contributed by atoms with E-state index >= 15 is 0 Å². The number of carboxylic acid groups (broad SMARTS) is 2. The predicted octanol–water partition coefficient (Wildman–Crippen LogP) is 0.837. The van der Waals surface area contributed by atoms with Crippen LogP contribution in [-0.2, 0) is 19.1 Å². The van der Waals surface area contributed by atoms with Crippen LogP contribution in [0.4, 0.5) is 0 Å². The first kappa shape index (κ1) is 16.3. The van der Waals surface area contributed by atoms with Gasteiger partial charge in [-0.1, -0.05) is 6.58 Å². The van der Waals surface area contributed by atoms with Crippen LogP contribution in [0.3, 0.4) is 0 Å². The van der Waals surface area contributed by atoms with Gasteiger partial charge in [0.25, 0.3) is 0 Å². The largest absolute Gasteiger partial charge is 0.478 e. The van der Waals surface area contributed by atoms with Crippen molar-refractivity contribution in [3.8, 4) is 0 Å². The Balaban J connectivity index is 0. The number of ether oxygens (including phenoxy) is 1. The van der Waals surface area contributed by atoms with Crippen LogP contribution in [0.1, 0.15) is 13.8 Å². The third-order valence-corrected chi connectivity index (χ3v) is 1.24. The highest BCUT2D eigenvalue weighted by Gasteiger charge is 2.02. The second kappa shape index (κ2) is 8.22. The molecule has 0 unspecified atom stereocenters. The quantitative estimate of drug-likeness (QED) is 0.550. The van der Waals surface area contributed by atoms with E-state index in [4.69, 9.17) is 10.2 Å². The maximum Gasteiger partial charge on any atom is 0.331 e. The molecule has 90 valence electrons. The third kappa shape index (κ3) is 9.97. The molecule has 0 saturated carbocycles. The Kier molecular flexibility index (Phi) is 8.39. The fourth-order valence-electron chi connectivity index (χ4n) is 0.297. The van der Waals surface area contributed by atoms with E-state index in [1.165, 1.54) is 21.0 Å². The molecule has 16 heavy (non-hydrogen) atoms. The maximum absolute atomic E-state index is 10.4. The number of esters is 1. The van der Waals surface area contributed by atoms with Crippen molar-refractivity contribution in [3.63, 3.8) is 0 Å². The number of carbonyl (C=O) groups excluding carboxylic acids is 1. The van der Waals surface area contributed by atoms with Crippen molar-refractivity contribution in [1.29, 1.82) is 0 Å². The number of hydrogen-bond acceptors (Lipinski definition) is 4. The van der Waals surface area contributed by atoms with Gasteiger partial charge in [0.15, 0.2) is 0 Å². The van der Waals surface area contributed by atoms with Gasteiger partial charge in [-0.2, -0.15) is 0 Å². The molecule has 0 aliphatic rings. The third-order valence-electron chi connectivity index (χ3n) is 1.24. The van der Waals surface area contributed by atoms with Gasteiger partial charge in [-0.15, -0.1) is 0 Å². The molecule has 0 spiro atoms. The Labute approximate surface area is 92.8 Å². The van der Waals surface area contributed by atoms with Gasteiger partial charge in [0.2, 0.25) is 0 Å². The SMILES string of the molecule is C=C(C)C(=O)O.COC(=O)C=C(C)C(=O)O. The average Bonchev–Trinajstić information content (AvgIpc) is 2.18. The Morgan fingerprint density at radius 3 is 1.69 bits per heavy atom. The van der Waals surface area contributed by atoms with Gasteiger partial charge >= 0.3 is 17.9 Å². The molecule has 0 radical (unpaired) electrons. The van der Waals surface area contributed by atoms with Crippen LogP contribution in [0, 0.1) is 0 Å². The highest BCUT2D eigenvalue weighted by Crippen LogP contribution is 1.91. The van der Waals surface area contributed by atoms with Crippen molar-refractivity contribution in [2.75, 3.05) is 7.11 Å². The van der Waals surface area contributed by atoms with E-state index in [9.17, 15) is 14.4 Å². The summed E-state index contributed by atoms with van der Waals surface area (Å²) < 4.78 is 4.19. The lowest BCUT2D eigenvalue weighted by Gasteiger charge is -1.91. The maximum atomic E-state index is 10.4. The summed E-state index contributed by atoms with van der Waals surface area (Å²) in [6, 6.07) is 0. The Bertz CT molecular complexity index is 314. The number of aliphatic carboxylic acids is 2. The number of carboxylic acids is 2. The Hall–Kier alpha value is -2.11. The first-order chi connectivity index (χ1) is 7.22. The summed E-state index contributed by atoms with van der Waals surface area (Å²) in [6.45, 7) is 5.92. The van der Waals surface area contributed by atoms with Crippen LogP contribution in [0.5, 0.6) is 0 Å². The van der Waals surface area contributed by atoms with Gasteiger partial charge in [-0.25, -0.2) is 14.4 Å². The minimum Gasteiger partial charge on any atom is -0.478 e. The lowest BCUT2D eigenvalue weighted by atomic mass is 10.3. The fourth-order valence-corrected chi connectivity index (χ4v) is 0.297. The number of methoxy groups -OCH3 is 1. The van der Waals surface area contributed by atoms with E-state index in [2.05, 4.69) is 11.3 Å². The first-order valence-corrected chi connectivity index (χ1v) is 4.10. The van der Waals surface area contributed by atoms with E-state index in [-0.39, 0.29) is 11.1 Å². The Morgan fingerprint density at radius 1 is 1.12 bits per heavy atom. The number of hydrogen-bond donors (Lipinski definition) is 2. The average molecular weight is 230 g/mol. The van der Waals surface area contributed by atoms with Gasteiger partial charge in [0.05, 0.1) is 7.11 Å². The molecule has 6 nitrogen and oxygen atoms in total. The van der Waals surface area contributed by atoms with Crippen molar-refractivity contribution in [2.24, 2.45) is 0 Å². The standard InChI is InChI=1S/C6H8O4.C4H6O2/c1-4(6(8)9)3-5(7)10-2;1-3(2)4(5)6/h3H,1-2H3,(H,8,9);1H2,2H3,(H,5,6). The number of rotatable bonds is 3. The molecule has 2 N–H and O–H groups in total. The van der Waals surface area contributed by atoms with Crippen LogP contribution in [0.25, 0.3) is 0 Å². The van der Waals surface area contributed by atoms with Crippen LogP contribution < -0.4 is 0 Å². The van der Waals surface area contributed by atoms with Crippen molar-refractivity contribution >= 4 is 17.9 Å². The van der Waals surface area contributed by atoms with Gasteiger partial charge < -0.3 is 14.9 Å². The zero-order chi connectivity index (χ0) is 13.3. The van der Waals surface area contributed by atoms with Gasteiger partial charge in [-0.3, -0.25) is 0 Å². The lowest BCUT2D eigenvalue weighted by molar-refractivity contribution is -0.136. The zero-order valence-corrected chi connectivity index (χ0v) is 9.31. The van der Waals surface area contributed by atoms with Crippen molar-refractivity contribution in [1.82, 2.24) is 0 Å². The van der Waals surface area contributed by atoms with E-state index in [0.717, 1.165) is 6.08 Å². The molecular formula is C10H14O6. The molecule has 0 bridgehead atoms. The van der Waals surface area contributed by atoms with E-state index < -0.39 is 17.9 Å². The smallest absolute Gasteiger partial charge is 0.331 e. The van der Waals surface area contributed by atoms with E-state index in [1.54, 1.807) is 0 Å². The highest BCUT2D eigenvalue weighted by atomic mass is 16.5. The molecule has 0 aliphatic heterocycles. The summed E-state index contributed by atoms with van der Waals surface area (Å²) in [5, 5.41) is 16.1. The second-order valence-electron chi connectivity index (χ2n) is 2.74. The molecule has 0 atom stereocenters. The topological polar surface area (TPSA) is 101 Å². The zero-order valence-electron chi connectivity index (χ0n) is 9.31. The summed E-state index contributed by atoms with van der Waals surface area (Å²) >= 11 is 0. The molecule has 0 amide bonds. The minimum absolute atomic E-state index is 0.0353. The lowest BCUT2D eigenvalue weighted by Crippen LogP contribution is -2.02. The highest BCUT2D eigenvalue weighted by molar-refractivity contribution is 5.94. The molecule has 0 saturated heterocycles. The summed E-state index contributed by atoms with van der Waals surface area (Å²) in [4.78, 5) is 30.0.